The predicted octanol–water partition coefficient (Wildman–Crippen LogP) is 3.15. The van der Waals surface area contributed by atoms with Gasteiger partial charge in [-0.1, -0.05) is 0 Å². The normalized spacial score (nSPS) is 10.3. The van der Waals surface area contributed by atoms with Gasteiger partial charge in [0.25, 0.3) is 0 Å². The third kappa shape index (κ3) is 1.96. The lowest BCUT2D eigenvalue weighted by Gasteiger charge is -2.08. The zero-order valence-electron chi connectivity index (χ0n) is 9.79. The number of pyridine rings is 1. The Bertz CT molecular complexity index is 787. The number of hydrogen-bond acceptors (Lipinski definition) is 5. The SMILES string of the molecule is N#Cc1ccc(O)c(Nc2nccc3occc23)c1. The lowest BCUT2D eigenvalue weighted by molar-refractivity contribution is 0.477. The highest BCUT2D eigenvalue weighted by atomic mass is 16.3. The van der Waals surface area contributed by atoms with Gasteiger partial charge >= 0.3 is 0 Å². The lowest BCUT2D eigenvalue weighted by Crippen LogP contribution is -1.94. The van der Waals surface area contributed by atoms with Gasteiger partial charge in [0.15, 0.2) is 0 Å². The molecule has 0 bridgehead atoms. The molecule has 0 aliphatic heterocycles. The average molecular weight is 251 g/mol. The number of rotatable bonds is 2. The molecule has 3 aromatic rings. The maximum Gasteiger partial charge on any atom is 0.141 e. The van der Waals surface area contributed by atoms with Gasteiger partial charge in [0, 0.05) is 6.20 Å². The van der Waals surface area contributed by atoms with Crippen LogP contribution in [0.5, 0.6) is 5.75 Å². The molecular formula is C14H9N3O2. The van der Waals surface area contributed by atoms with E-state index in [0.29, 0.717) is 22.7 Å². The summed E-state index contributed by atoms with van der Waals surface area (Å²) < 4.78 is 5.28. The molecule has 0 fully saturated rings. The number of aromatic nitrogens is 1. The minimum atomic E-state index is 0.0568. The zero-order chi connectivity index (χ0) is 13.2. The largest absolute Gasteiger partial charge is 0.506 e. The van der Waals surface area contributed by atoms with Crippen LogP contribution in [0.25, 0.3) is 11.0 Å². The van der Waals surface area contributed by atoms with Crippen LogP contribution >= 0.6 is 0 Å². The number of aromatic hydroxyl groups is 1. The highest BCUT2D eigenvalue weighted by molar-refractivity contribution is 5.90. The highest BCUT2D eigenvalue weighted by Crippen LogP contribution is 2.30. The fourth-order valence-electron chi connectivity index (χ4n) is 1.83. The van der Waals surface area contributed by atoms with E-state index in [-0.39, 0.29) is 5.75 Å². The fraction of sp³-hybridized carbons (Fsp3) is 0. The molecule has 0 saturated carbocycles. The molecule has 0 saturated heterocycles. The number of phenols is 1. The van der Waals surface area contributed by atoms with E-state index in [2.05, 4.69) is 10.3 Å². The molecule has 0 unspecified atom stereocenters. The van der Waals surface area contributed by atoms with E-state index in [1.165, 1.54) is 6.07 Å². The molecule has 92 valence electrons. The Hall–Kier alpha value is -3.00. The average Bonchev–Trinajstić information content (AvgIpc) is 2.90. The molecule has 5 heteroatoms. The summed E-state index contributed by atoms with van der Waals surface area (Å²) in [6.45, 7) is 0. The highest BCUT2D eigenvalue weighted by Gasteiger charge is 2.08. The van der Waals surface area contributed by atoms with Crippen LogP contribution in [0.15, 0.2) is 47.2 Å². The van der Waals surface area contributed by atoms with Crippen molar-refractivity contribution in [3.63, 3.8) is 0 Å². The Balaban J connectivity index is 2.06. The summed E-state index contributed by atoms with van der Waals surface area (Å²) in [5.41, 5.74) is 1.59. The predicted molar refractivity (Wildman–Crippen MR) is 70.1 cm³/mol. The van der Waals surface area contributed by atoms with E-state index in [9.17, 15) is 5.11 Å². The summed E-state index contributed by atoms with van der Waals surface area (Å²) >= 11 is 0. The van der Waals surface area contributed by atoms with Gasteiger partial charge in [0.2, 0.25) is 0 Å². The number of fused-ring (bicyclic) bond motifs is 1. The molecule has 0 amide bonds. The molecule has 0 aliphatic carbocycles. The van der Waals surface area contributed by atoms with Gasteiger partial charge < -0.3 is 14.8 Å². The van der Waals surface area contributed by atoms with Crippen molar-refractivity contribution in [2.45, 2.75) is 0 Å². The third-order valence-electron chi connectivity index (χ3n) is 2.76. The molecule has 0 radical (unpaired) electrons. The summed E-state index contributed by atoms with van der Waals surface area (Å²) in [6.07, 6.45) is 3.18. The third-order valence-corrected chi connectivity index (χ3v) is 2.76. The van der Waals surface area contributed by atoms with Crippen molar-refractivity contribution in [3.05, 3.63) is 48.4 Å². The zero-order valence-corrected chi connectivity index (χ0v) is 9.79. The molecule has 5 nitrogen and oxygen atoms in total. The van der Waals surface area contributed by atoms with Gasteiger partial charge in [-0.05, 0) is 30.3 Å². The summed E-state index contributed by atoms with van der Waals surface area (Å²) in [6, 6.07) is 10.1. The maximum atomic E-state index is 9.79. The van der Waals surface area contributed by atoms with Crippen LogP contribution in [0.3, 0.4) is 0 Å². The van der Waals surface area contributed by atoms with Crippen molar-refractivity contribution < 1.29 is 9.52 Å². The summed E-state index contributed by atoms with van der Waals surface area (Å²) in [5, 5.41) is 22.5. The Kier molecular flexibility index (Phi) is 2.54. The van der Waals surface area contributed by atoms with Crippen molar-refractivity contribution >= 4 is 22.5 Å². The van der Waals surface area contributed by atoms with E-state index < -0.39 is 0 Å². The molecule has 19 heavy (non-hydrogen) atoms. The number of phenolic OH excluding ortho intramolecular Hbond substituents is 1. The van der Waals surface area contributed by atoms with Crippen molar-refractivity contribution in [1.29, 1.82) is 5.26 Å². The van der Waals surface area contributed by atoms with Crippen LogP contribution < -0.4 is 5.32 Å². The van der Waals surface area contributed by atoms with Crippen LogP contribution in [0, 0.1) is 11.3 Å². The number of nitrogens with one attached hydrogen (secondary N) is 1. The molecule has 0 spiro atoms. The second-order valence-electron chi connectivity index (χ2n) is 3.96. The van der Waals surface area contributed by atoms with Gasteiger partial charge in [-0.25, -0.2) is 4.98 Å². The first-order valence-electron chi connectivity index (χ1n) is 5.60. The second-order valence-corrected chi connectivity index (χ2v) is 3.96. The number of furan rings is 1. The van der Waals surface area contributed by atoms with Gasteiger partial charge in [0.05, 0.1) is 29.0 Å². The molecule has 1 aromatic carbocycles. The van der Waals surface area contributed by atoms with Crippen LogP contribution in [0.4, 0.5) is 11.5 Å². The van der Waals surface area contributed by atoms with Gasteiger partial charge in [-0.15, -0.1) is 0 Å². The standard InChI is InChI=1S/C14H9N3O2/c15-8-9-1-2-12(18)11(7-9)17-14-10-4-6-19-13(10)3-5-16-14/h1-7,18H,(H,16,17). The first kappa shape index (κ1) is 11.1. The van der Waals surface area contributed by atoms with E-state index >= 15 is 0 Å². The number of anilines is 2. The van der Waals surface area contributed by atoms with Crippen LogP contribution in [0.1, 0.15) is 5.56 Å². The molecule has 0 aliphatic rings. The Morgan fingerprint density at radius 2 is 2.16 bits per heavy atom. The first-order valence-corrected chi connectivity index (χ1v) is 5.60. The number of nitriles is 1. The summed E-state index contributed by atoms with van der Waals surface area (Å²) in [5.74, 6) is 0.623. The monoisotopic (exact) mass is 251 g/mol. The van der Waals surface area contributed by atoms with Crippen molar-refractivity contribution in [1.82, 2.24) is 4.98 Å². The fourth-order valence-corrected chi connectivity index (χ4v) is 1.83. The molecule has 3 rings (SSSR count). The van der Waals surface area contributed by atoms with Crippen molar-refractivity contribution in [2.75, 3.05) is 5.32 Å². The Morgan fingerprint density at radius 1 is 1.26 bits per heavy atom. The summed E-state index contributed by atoms with van der Waals surface area (Å²) in [7, 11) is 0. The molecule has 2 heterocycles. The summed E-state index contributed by atoms with van der Waals surface area (Å²) in [4.78, 5) is 4.21. The van der Waals surface area contributed by atoms with E-state index in [0.717, 1.165) is 5.39 Å². The minimum Gasteiger partial charge on any atom is -0.506 e. The lowest BCUT2D eigenvalue weighted by atomic mass is 10.2. The second kappa shape index (κ2) is 4.35. The van der Waals surface area contributed by atoms with E-state index in [1.807, 2.05) is 6.07 Å². The van der Waals surface area contributed by atoms with Gasteiger partial charge in [0.1, 0.15) is 17.2 Å². The smallest absolute Gasteiger partial charge is 0.141 e. The Labute approximate surface area is 108 Å². The number of benzene rings is 1. The van der Waals surface area contributed by atoms with Gasteiger partial charge in [-0.2, -0.15) is 5.26 Å². The van der Waals surface area contributed by atoms with Crippen LogP contribution in [-0.2, 0) is 0 Å². The number of hydrogen-bond donors (Lipinski definition) is 2. The van der Waals surface area contributed by atoms with Crippen molar-refractivity contribution in [3.8, 4) is 11.8 Å². The Morgan fingerprint density at radius 3 is 3.00 bits per heavy atom. The molecule has 2 N–H and O–H groups in total. The first-order chi connectivity index (χ1) is 9.28. The quantitative estimate of drug-likeness (QED) is 0.683. The van der Waals surface area contributed by atoms with E-state index in [4.69, 9.17) is 9.68 Å². The van der Waals surface area contributed by atoms with E-state index in [1.54, 1.807) is 36.7 Å². The molecule has 0 atom stereocenters. The number of nitrogens with zero attached hydrogens (tertiary/aromatic N) is 2. The molecule has 2 aromatic heterocycles. The maximum absolute atomic E-state index is 9.79. The van der Waals surface area contributed by atoms with Gasteiger partial charge in [-0.3, -0.25) is 0 Å². The topological polar surface area (TPSA) is 82.1 Å². The molecular weight excluding hydrogens is 242 g/mol. The minimum absolute atomic E-state index is 0.0568. The van der Waals surface area contributed by atoms with Crippen molar-refractivity contribution in [2.24, 2.45) is 0 Å². The van der Waals surface area contributed by atoms with Crippen LogP contribution in [0.2, 0.25) is 0 Å². The van der Waals surface area contributed by atoms with Crippen LogP contribution in [-0.4, -0.2) is 10.1 Å².